The fraction of sp³-hybridized carbons (Fsp3) is 0.0930. The number of hydrogen-bond acceptors (Lipinski definition) is 9. The van der Waals surface area contributed by atoms with Crippen LogP contribution in [0.3, 0.4) is 0 Å². The predicted octanol–water partition coefficient (Wildman–Crippen LogP) is 9.52. The fourth-order valence-electron chi connectivity index (χ4n) is 5.51. The molecular formula is C43H37N3O6S2. The Hall–Kier alpha value is -6.01. The Bertz CT molecular complexity index is 2140. The van der Waals surface area contributed by atoms with Gasteiger partial charge >= 0.3 is 10.1 Å². The van der Waals surface area contributed by atoms with Crippen molar-refractivity contribution in [2.45, 2.75) is 46.3 Å². The lowest BCUT2D eigenvalue weighted by atomic mass is 10.2. The van der Waals surface area contributed by atoms with Gasteiger partial charge in [0.15, 0.2) is 0 Å². The van der Waals surface area contributed by atoms with Crippen LogP contribution < -0.4 is 14.2 Å². The van der Waals surface area contributed by atoms with Gasteiger partial charge in [-0.05, 0) is 139 Å². The highest BCUT2D eigenvalue weighted by Gasteiger charge is 2.38. The third kappa shape index (κ3) is 8.78. The number of aryl methyl sites for hydroxylation is 1. The van der Waals surface area contributed by atoms with E-state index in [2.05, 4.69) is 15.0 Å². The lowest BCUT2D eigenvalue weighted by Crippen LogP contribution is -2.15. The van der Waals surface area contributed by atoms with Crippen molar-refractivity contribution >= 4 is 20.4 Å². The van der Waals surface area contributed by atoms with E-state index in [-0.39, 0.29) is 24.7 Å². The molecule has 0 aliphatic rings. The second-order valence-electron chi connectivity index (χ2n) is 12.1. The predicted molar refractivity (Wildman–Crippen MR) is 207 cm³/mol. The molecule has 54 heavy (non-hydrogen) atoms. The van der Waals surface area contributed by atoms with E-state index in [9.17, 15) is 8.42 Å². The van der Waals surface area contributed by atoms with Gasteiger partial charge in [0, 0.05) is 33.3 Å². The molecule has 0 aliphatic heterocycles. The van der Waals surface area contributed by atoms with Gasteiger partial charge in [-0.15, -0.1) is 0 Å². The summed E-state index contributed by atoms with van der Waals surface area (Å²) in [6, 6.07) is 45.6. The Labute approximate surface area is 316 Å². The quantitative estimate of drug-likeness (QED) is 0.101. The zero-order valence-electron chi connectivity index (χ0n) is 29.4. The van der Waals surface area contributed by atoms with E-state index in [1.54, 1.807) is 42.9 Å². The smallest absolute Gasteiger partial charge is 0.307 e. The topological polar surface area (TPSA) is 110 Å². The number of nitrogens with zero attached hydrogens (tertiary/aromatic N) is 3. The van der Waals surface area contributed by atoms with E-state index in [1.165, 1.54) is 0 Å². The molecule has 0 amide bonds. The van der Waals surface area contributed by atoms with Gasteiger partial charge in [0.25, 0.3) is 0 Å². The van der Waals surface area contributed by atoms with E-state index in [0.29, 0.717) is 31.9 Å². The van der Waals surface area contributed by atoms with Crippen molar-refractivity contribution in [1.29, 1.82) is 0 Å². The molecule has 0 fully saturated rings. The highest BCUT2D eigenvalue weighted by Crippen LogP contribution is 2.70. The van der Waals surface area contributed by atoms with Crippen LogP contribution in [0.2, 0.25) is 0 Å². The monoisotopic (exact) mass is 755 g/mol. The van der Waals surface area contributed by atoms with Crippen molar-refractivity contribution in [1.82, 2.24) is 15.0 Å². The maximum atomic E-state index is 14.4. The van der Waals surface area contributed by atoms with Gasteiger partial charge in [0.2, 0.25) is 0 Å². The number of rotatable bonds is 15. The number of hydrogen-bond donors (Lipinski definition) is 0. The number of ether oxygens (including phenoxy) is 3. The summed E-state index contributed by atoms with van der Waals surface area (Å²) in [7, 11) is -7.32. The van der Waals surface area contributed by atoms with Crippen molar-refractivity contribution < 1.29 is 26.3 Å². The molecule has 0 atom stereocenters. The Morgan fingerprint density at radius 1 is 0.426 bits per heavy atom. The van der Waals surface area contributed by atoms with E-state index in [4.69, 9.17) is 17.8 Å². The van der Waals surface area contributed by atoms with Gasteiger partial charge in [0.05, 0.1) is 22.0 Å². The van der Waals surface area contributed by atoms with Gasteiger partial charge in [0.1, 0.15) is 37.1 Å². The second-order valence-corrected chi connectivity index (χ2v) is 16.6. The third-order valence-electron chi connectivity index (χ3n) is 8.31. The Kier molecular flexibility index (Phi) is 11.3. The van der Waals surface area contributed by atoms with E-state index >= 15 is 0 Å². The number of benzene rings is 4. The molecular weight excluding hydrogens is 719 g/mol. The zero-order chi connectivity index (χ0) is 37.2. The molecule has 0 aliphatic carbocycles. The van der Waals surface area contributed by atoms with Gasteiger partial charge in [-0.25, -0.2) is 3.63 Å². The average molecular weight is 756 g/mol. The minimum Gasteiger partial charge on any atom is -0.487 e. The van der Waals surface area contributed by atoms with Gasteiger partial charge in [-0.1, -0.05) is 35.9 Å². The first-order valence-corrected chi connectivity index (χ1v) is 20.1. The van der Waals surface area contributed by atoms with Crippen LogP contribution in [0.4, 0.5) is 0 Å². The first-order valence-electron chi connectivity index (χ1n) is 17.1. The molecule has 7 aromatic rings. The van der Waals surface area contributed by atoms with Crippen molar-refractivity contribution in [3.8, 4) is 17.2 Å². The van der Waals surface area contributed by atoms with Gasteiger partial charge in [-0.2, -0.15) is 8.42 Å². The summed E-state index contributed by atoms with van der Waals surface area (Å²) in [6.45, 7) is 2.72. The normalized spacial score (nSPS) is 11.8. The molecule has 7 rings (SSSR count). The van der Waals surface area contributed by atoms with E-state index in [0.717, 1.165) is 22.6 Å². The average Bonchev–Trinajstić information content (AvgIpc) is 3.22. The summed E-state index contributed by atoms with van der Waals surface area (Å²) >= 11 is 0. The second kappa shape index (κ2) is 16.8. The molecule has 4 aromatic carbocycles. The summed E-state index contributed by atoms with van der Waals surface area (Å²) in [4.78, 5) is 15.0. The molecule has 11 heteroatoms. The molecule has 0 unspecified atom stereocenters. The molecule has 0 bridgehead atoms. The van der Waals surface area contributed by atoms with Crippen LogP contribution >= 0.6 is 10.3 Å². The molecule has 0 N–H and O–H groups in total. The highest BCUT2D eigenvalue weighted by molar-refractivity contribution is 8.33. The van der Waals surface area contributed by atoms with Crippen molar-refractivity contribution in [3.63, 3.8) is 0 Å². The summed E-state index contributed by atoms with van der Waals surface area (Å²) in [5.74, 6) is 1.78. The van der Waals surface area contributed by atoms with Gasteiger partial charge in [-0.3, -0.25) is 15.0 Å². The lowest BCUT2D eigenvalue weighted by molar-refractivity contribution is 0.301. The Balaban J connectivity index is 1.30. The van der Waals surface area contributed by atoms with Crippen molar-refractivity contribution in [2.75, 3.05) is 0 Å². The summed E-state index contributed by atoms with van der Waals surface area (Å²) < 4.78 is 53.5. The van der Waals surface area contributed by atoms with Crippen molar-refractivity contribution in [2.24, 2.45) is 0 Å². The molecule has 3 aromatic heterocycles. The van der Waals surface area contributed by atoms with Crippen LogP contribution in [0, 0.1) is 6.92 Å². The van der Waals surface area contributed by atoms with Crippen LogP contribution in [-0.2, 0) is 33.6 Å². The molecule has 0 saturated heterocycles. The number of pyridine rings is 3. The molecule has 3 heterocycles. The largest absolute Gasteiger partial charge is 0.487 e. The molecule has 0 spiro atoms. The Morgan fingerprint density at radius 3 is 1.07 bits per heavy atom. The molecule has 272 valence electrons. The summed E-state index contributed by atoms with van der Waals surface area (Å²) in [5.41, 5.74) is 3.27. The van der Waals surface area contributed by atoms with E-state index < -0.39 is 20.4 Å². The minimum atomic E-state index is -4.33. The SMILES string of the molecule is Cc1ccc(S(=O)(=O)OS(c2ccc(OCc3ccccn3)cc2)(c2ccc(OCc3ccccn3)cc2)c2ccc(OCc3ccccn3)cc2)cc1. The lowest BCUT2D eigenvalue weighted by Gasteiger charge is -2.39. The molecule has 0 saturated carbocycles. The standard InChI is InChI=1S/C43H37N3O6S2/c1-33-11-19-43(20-12-33)54(47,48)52-53(40-21-13-37(14-22-40)49-30-34-8-2-5-27-44-34,41-23-15-38(16-24-41)50-31-35-9-3-6-28-45-35)42-25-17-39(18-26-42)51-32-36-10-4-7-29-46-36/h2-29H,30-32H2,1H3. The van der Waals surface area contributed by atoms with Crippen molar-refractivity contribution in [3.05, 3.63) is 193 Å². The Morgan fingerprint density at radius 2 is 0.759 bits per heavy atom. The third-order valence-corrected chi connectivity index (χ3v) is 13.5. The van der Waals surface area contributed by atoms with Crippen LogP contribution in [0.25, 0.3) is 0 Å². The first kappa shape index (κ1) is 36.4. The fourth-order valence-corrected chi connectivity index (χ4v) is 10.7. The molecule has 0 radical (unpaired) electrons. The van der Waals surface area contributed by atoms with E-state index in [1.807, 2.05) is 134 Å². The molecule has 9 nitrogen and oxygen atoms in total. The maximum absolute atomic E-state index is 14.4. The van der Waals surface area contributed by atoms with Crippen LogP contribution in [-0.4, -0.2) is 23.4 Å². The maximum Gasteiger partial charge on any atom is 0.307 e. The summed E-state index contributed by atoms with van der Waals surface area (Å²) in [5, 5.41) is 0. The first-order chi connectivity index (χ1) is 26.4. The highest BCUT2D eigenvalue weighted by atomic mass is 32.3. The zero-order valence-corrected chi connectivity index (χ0v) is 31.0. The van der Waals surface area contributed by atoms with Crippen LogP contribution in [0.5, 0.6) is 17.2 Å². The van der Waals surface area contributed by atoms with Crippen LogP contribution in [0.1, 0.15) is 22.6 Å². The van der Waals surface area contributed by atoms with Gasteiger partial charge < -0.3 is 14.2 Å². The minimum absolute atomic E-state index is 0.0471. The number of aromatic nitrogens is 3. The van der Waals surface area contributed by atoms with Crippen LogP contribution in [0.15, 0.2) is 190 Å². The summed E-state index contributed by atoms with van der Waals surface area (Å²) in [6.07, 6.45) is 5.15.